The highest BCUT2D eigenvalue weighted by Gasteiger charge is 2.26. The van der Waals surface area contributed by atoms with Gasteiger partial charge in [-0.3, -0.25) is 4.79 Å². The van der Waals surface area contributed by atoms with E-state index in [0.717, 1.165) is 0 Å². The number of hydrogen-bond donors (Lipinski definition) is 1. The van der Waals surface area contributed by atoms with Crippen LogP contribution in [0.5, 0.6) is 0 Å². The van der Waals surface area contributed by atoms with E-state index in [0.29, 0.717) is 28.0 Å². The second-order valence-electron chi connectivity index (χ2n) is 6.24. The minimum Gasteiger partial charge on any atom is -0.344 e. The Morgan fingerprint density at radius 2 is 2.05 bits per heavy atom. The van der Waals surface area contributed by atoms with Crippen LogP contribution in [0.15, 0.2) is 36.7 Å². The van der Waals surface area contributed by atoms with Gasteiger partial charge in [0.15, 0.2) is 11.4 Å². The van der Waals surface area contributed by atoms with Crippen molar-refractivity contribution >= 4 is 16.9 Å². The van der Waals surface area contributed by atoms with Gasteiger partial charge in [0.05, 0.1) is 17.5 Å². The summed E-state index contributed by atoms with van der Waals surface area (Å²) >= 11 is 0. The third-order valence-corrected chi connectivity index (χ3v) is 3.43. The number of rotatable bonds is 2. The predicted molar refractivity (Wildman–Crippen MR) is 83.1 cm³/mol. The third-order valence-electron chi connectivity index (χ3n) is 3.43. The van der Waals surface area contributed by atoms with Gasteiger partial charge in [-0.05, 0) is 12.1 Å². The van der Waals surface area contributed by atoms with Gasteiger partial charge in [0, 0.05) is 17.2 Å². The number of fused-ring (bicyclic) bond motifs is 1. The van der Waals surface area contributed by atoms with Crippen molar-refractivity contribution in [1.82, 2.24) is 15.0 Å². The van der Waals surface area contributed by atoms with E-state index in [1.807, 2.05) is 20.8 Å². The topological polar surface area (TPSA) is 58.6 Å². The van der Waals surface area contributed by atoms with E-state index < -0.39 is 5.41 Å². The molecule has 0 unspecified atom stereocenters. The number of Topliss-reactive ketones (excluding diaryl/α,β-unsaturated/α-hetero) is 1. The van der Waals surface area contributed by atoms with Crippen molar-refractivity contribution in [2.75, 3.05) is 0 Å². The molecule has 0 aliphatic rings. The third kappa shape index (κ3) is 2.50. The molecule has 0 atom stereocenters. The van der Waals surface area contributed by atoms with Crippen molar-refractivity contribution in [2.45, 2.75) is 20.8 Å². The highest BCUT2D eigenvalue weighted by atomic mass is 19.1. The minimum atomic E-state index is -0.508. The van der Waals surface area contributed by atoms with Crippen molar-refractivity contribution < 1.29 is 9.18 Å². The zero-order valence-corrected chi connectivity index (χ0v) is 12.6. The SMILES string of the molecule is CC(C)(C)C(=O)c1c[nH]c2ncc(-c3cccc(F)c3)nc12. The maximum absolute atomic E-state index is 13.4. The fourth-order valence-electron chi connectivity index (χ4n) is 2.26. The number of H-pyrrole nitrogens is 1. The molecule has 5 heteroatoms. The van der Waals surface area contributed by atoms with Crippen molar-refractivity contribution in [3.05, 3.63) is 48.0 Å². The van der Waals surface area contributed by atoms with Crippen molar-refractivity contribution in [3.63, 3.8) is 0 Å². The number of nitrogens with zero attached hydrogens (tertiary/aromatic N) is 2. The van der Waals surface area contributed by atoms with Gasteiger partial charge in [0.2, 0.25) is 0 Å². The Morgan fingerprint density at radius 1 is 1.27 bits per heavy atom. The molecule has 0 saturated carbocycles. The Labute approximate surface area is 127 Å². The molecule has 0 bridgehead atoms. The molecule has 0 saturated heterocycles. The summed E-state index contributed by atoms with van der Waals surface area (Å²) in [5.74, 6) is -0.344. The van der Waals surface area contributed by atoms with E-state index in [1.54, 1.807) is 24.5 Å². The monoisotopic (exact) mass is 297 g/mol. The number of hydrogen-bond acceptors (Lipinski definition) is 3. The Morgan fingerprint density at radius 3 is 2.73 bits per heavy atom. The fourth-order valence-corrected chi connectivity index (χ4v) is 2.26. The van der Waals surface area contributed by atoms with Crippen LogP contribution >= 0.6 is 0 Å². The Kier molecular flexibility index (Phi) is 3.28. The zero-order valence-electron chi connectivity index (χ0n) is 12.6. The molecular formula is C17H16FN3O. The summed E-state index contributed by atoms with van der Waals surface area (Å²) in [6.45, 7) is 5.58. The van der Waals surface area contributed by atoms with Crippen molar-refractivity contribution in [2.24, 2.45) is 5.41 Å². The normalized spacial score (nSPS) is 11.8. The van der Waals surface area contributed by atoms with Crippen LogP contribution in [0.2, 0.25) is 0 Å². The molecule has 3 rings (SSSR count). The zero-order chi connectivity index (χ0) is 15.9. The Balaban J connectivity index is 2.15. The summed E-state index contributed by atoms with van der Waals surface area (Å²) in [5.41, 5.74) is 2.23. The van der Waals surface area contributed by atoms with Crippen LogP contribution in [0.25, 0.3) is 22.4 Å². The molecule has 0 radical (unpaired) electrons. The summed E-state index contributed by atoms with van der Waals surface area (Å²) in [5, 5.41) is 0. The lowest BCUT2D eigenvalue weighted by Crippen LogP contribution is -2.20. The lowest BCUT2D eigenvalue weighted by molar-refractivity contribution is 0.0860. The van der Waals surface area contributed by atoms with E-state index in [4.69, 9.17) is 0 Å². The van der Waals surface area contributed by atoms with Crippen LogP contribution in [-0.4, -0.2) is 20.7 Å². The van der Waals surface area contributed by atoms with Gasteiger partial charge >= 0.3 is 0 Å². The Hall–Kier alpha value is -2.56. The summed E-state index contributed by atoms with van der Waals surface area (Å²) < 4.78 is 13.4. The van der Waals surface area contributed by atoms with Gasteiger partial charge in [0.25, 0.3) is 0 Å². The second-order valence-corrected chi connectivity index (χ2v) is 6.24. The van der Waals surface area contributed by atoms with Crippen LogP contribution in [0.3, 0.4) is 0 Å². The lowest BCUT2D eigenvalue weighted by Gasteiger charge is -2.15. The number of carbonyl (C=O) groups excluding carboxylic acids is 1. The number of carbonyl (C=O) groups is 1. The number of benzene rings is 1. The van der Waals surface area contributed by atoms with Gasteiger partial charge in [-0.1, -0.05) is 32.9 Å². The first kappa shape index (κ1) is 14.4. The maximum Gasteiger partial charge on any atom is 0.171 e. The number of halogens is 1. The van der Waals surface area contributed by atoms with Crippen LogP contribution in [0, 0.1) is 11.2 Å². The molecule has 0 spiro atoms. The highest BCUT2D eigenvalue weighted by Crippen LogP contribution is 2.26. The average molecular weight is 297 g/mol. The van der Waals surface area contributed by atoms with Crippen molar-refractivity contribution in [3.8, 4) is 11.3 Å². The van der Waals surface area contributed by atoms with E-state index in [1.165, 1.54) is 12.1 Å². The first-order chi connectivity index (χ1) is 10.4. The highest BCUT2D eigenvalue weighted by molar-refractivity contribution is 6.08. The molecule has 2 heterocycles. The van der Waals surface area contributed by atoms with E-state index >= 15 is 0 Å². The lowest BCUT2D eigenvalue weighted by atomic mass is 9.87. The van der Waals surface area contributed by atoms with Gasteiger partial charge in [-0.15, -0.1) is 0 Å². The molecule has 4 nitrogen and oxygen atoms in total. The summed E-state index contributed by atoms with van der Waals surface area (Å²) in [6.07, 6.45) is 3.20. The molecule has 0 aliphatic heterocycles. The maximum atomic E-state index is 13.4. The molecule has 1 aromatic carbocycles. The standard InChI is InChI=1S/C17H16FN3O/c1-17(2,3)15(22)12-8-19-16-14(12)21-13(9-20-16)10-5-4-6-11(18)7-10/h4-9H,1-3H3,(H,19,20). The number of ketones is 1. The van der Waals surface area contributed by atoms with Gasteiger partial charge in [-0.2, -0.15) is 0 Å². The fraction of sp³-hybridized carbons (Fsp3) is 0.235. The van der Waals surface area contributed by atoms with E-state index in [9.17, 15) is 9.18 Å². The predicted octanol–water partition coefficient (Wildman–Crippen LogP) is 3.99. The van der Waals surface area contributed by atoms with E-state index in [-0.39, 0.29) is 11.6 Å². The molecule has 0 fully saturated rings. The van der Waals surface area contributed by atoms with Gasteiger partial charge in [0.1, 0.15) is 11.3 Å². The largest absolute Gasteiger partial charge is 0.344 e. The van der Waals surface area contributed by atoms with E-state index in [2.05, 4.69) is 15.0 Å². The first-order valence-corrected chi connectivity index (χ1v) is 7.01. The molecule has 112 valence electrons. The summed E-state index contributed by atoms with van der Waals surface area (Å²) in [6, 6.07) is 6.15. The number of aromatic nitrogens is 3. The summed E-state index contributed by atoms with van der Waals surface area (Å²) in [7, 11) is 0. The van der Waals surface area contributed by atoms with Crippen molar-refractivity contribution in [1.29, 1.82) is 0 Å². The van der Waals surface area contributed by atoms with Crippen LogP contribution in [-0.2, 0) is 0 Å². The van der Waals surface area contributed by atoms with Crippen LogP contribution in [0.4, 0.5) is 4.39 Å². The second kappa shape index (κ2) is 5.02. The smallest absolute Gasteiger partial charge is 0.171 e. The molecule has 3 aromatic rings. The van der Waals surface area contributed by atoms with Crippen LogP contribution < -0.4 is 0 Å². The minimum absolute atomic E-state index is 0.00978. The first-order valence-electron chi connectivity index (χ1n) is 7.01. The molecular weight excluding hydrogens is 281 g/mol. The Bertz CT molecular complexity index is 862. The molecule has 22 heavy (non-hydrogen) atoms. The molecule has 0 aliphatic carbocycles. The molecule has 0 amide bonds. The quantitative estimate of drug-likeness (QED) is 0.727. The summed E-state index contributed by atoms with van der Waals surface area (Å²) in [4.78, 5) is 24.2. The van der Waals surface area contributed by atoms with Gasteiger partial charge < -0.3 is 4.98 Å². The molecule has 2 aromatic heterocycles. The van der Waals surface area contributed by atoms with Crippen LogP contribution in [0.1, 0.15) is 31.1 Å². The van der Waals surface area contributed by atoms with Gasteiger partial charge in [-0.25, -0.2) is 14.4 Å². The molecule has 1 N–H and O–H groups in total. The number of nitrogens with one attached hydrogen (secondary N) is 1. The average Bonchev–Trinajstić information content (AvgIpc) is 2.88. The number of aromatic amines is 1.